The molecule has 0 atom stereocenters. The summed E-state index contributed by atoms with van der Waals surface area (Å²) in [5.74, 6) is 0.0860. The summed E-state index contributed by atoms with van der Waals surface area (Å²) in [6.45, 7) is 0.500. The molecule has 3 aromatic rings. The van der Waals surface area contributed by atoms with Crippen LogP contribution in [0.1, 0.15) is 35.4 Å². The molecule has 4 rings (SSSR count). The number of nitrogens with zero attached hydrogens (tertiary/aromatic N) is 4. The van der Waals surface area contributed by atoms with Crippen molar-refractivity contribution in [2.24, 2.45) is 0 Å². The lowest BCUT2D eigenvalue weighted by Gasteiger charge is -2.41. The van der Waals surface area contributed by atoms with Crippen molar-refractivity contribution in [2.75, 3.05) is 17.2 Å². The van der Waals surface area contributed by atoms with Crippen molar-refractivity contribution < 1.29 is 13.7 Å². The summed E-state index contributed by atoms with van der Waals surface area (Å²) in [6.07, 6.45) is 5.72. The number of anilines is 2. The number of carbonyl (C=O) groups excluding carboxylic acids is 1. The highest BCUT2D eigenvalue weighted by molar-refractivity contribution is 6.02. The zero-order valence-corrected chi connectivity index (χ0v) is 14.4. The van der Waals surface area contributed by atoms with E-state index in [1.54, 1.807) is 24.4 Å². The Labute approximate surface area is 154 Å². The van der Waals surface area contributed by atoms with Crippen molar-refractivity contribution in [2.45, 2.75) is 24.7 Å². The molecule has 1 saturated carbocycles. The van der Waals surface area contributed by atoms with Crippen LogP contribution in [0.3, 0.4) is 0 Å². The standard InChI is InChI=1S/C18H17FN6O2/c19-12-3-1-9-20-16(12)18(7-2-8-18)11-21-14-5-4-13(23-24-14)17(26)22-15-6-10-27-25-15/h1,3-6,9-10H,2,7-8,11H2,(H,21,24)(H,22,25,26). The molecule has 0 unspecified atom stereocenters. The van der Waals surface area contributed by atoms with E-state index in [2.05, 4.69) is 35.5 Å². The van der Waals surface area contributed by atoms with Crippen molar-refractivity contribution in [3.8, 4) is 0 Å². The lowest BCUT2D eigenvalue weighted by molar-refractivity contribution is 0.102. The van der Waals surface area contributed by atoms with Crippen LogP contribution in [0.5, 0.6) is 0 Å². The molecule has 1 aliphatic rings. The molecule has 3 heterocycles. The Kier molecular flexibility index (Phi) is 4.49. The minimum absolute atomic E-state index is 0.151. The van der Waals surface area contributed by atoms with Crippen LogP contribution < -0.4 is 10.6 Å². The van der Waals surface area contributed by atoms with Gasteiger partial charge in [0.15, 0.2) is 11.5 Å². The summed E-state index contributed by atoms with van der Waals surface area (Å²) >= 11 is 0. The van der Waals surface area contributed by atoms with Crippen molar-refractivity contribution in [3.63, 3.8) is 0 Å². The normalized spacial score (nSPS) is 15.0. The van der Waals surface area contributed by atoms with E-state index in [-0.39, 0.29) is 16.9 Å². The number of hydrogen-bond acceptors (Lipinski definition) is 7. The van der Waals surface area contributed by atoms with E-state index in [4.69, 9.17) is 0 Å². The number of pyridine rings is 1. The fourth-order valence-electron chi connectivity index (χ4n) is 3.14. The highest BCUT2D eigenvalue weighted by Gasteiger charge is 2.41. The third-order valence-corrected chi connectivity index (χ3v) is 4.76. The van der Waals surface area contributed by atoms with Gasteiger partial charge >= 0.3 is 0 Å². The summed E-state index contributed by atoms with van der Waals surface area (Å²) in [4.78, 5) is 16.3. The van der Waals surface area contributed by atoms with E-state index in [0.717, 1.165) is 19.3 Å². The molecule has 0 saturated heterocycles. The molecule has 8 nitrogen and oxygen atoms in total. The molecule has 1 fully saturated rings. The minimum Gasteiger partial charge on any atom is -0.368 e. The van der Waals surface area contributed by atoms with Crippen LogP contribution in [0.25, 0.3) is 0 Å². The van der Waals surface area contributed by atoms with Gasteiger partial charge in [0.2, 0.25) is 0 Å². The van der Waals surface area contributed by atoms with Gasteiger partial charge in [-0.15, -0.1) is 10.2 Å². The SMILES string of the molecule is O=C(Nc1ccon1)c1ccc(NCC2(c3ncccc3F)CCC2)nn1. The second-order valence-electron chi connectivity index (χ2n) is 6.46. The molecule has 1 aliphatic carbocycles. The van der Waals surface area contributed by atoms with Crippen LogP contribution in [-0.4, -0.2) is 32.8 Å². The average molecular weight is 368 g/mol. The molecule has 2 N–H and O–H groups in total. The Morgan fingerprint density at radius 3 is 2.70 bits per heavy atom. The molecule has 0 spiro atoms. The van der Waals surface area contributed by atoms with Crippen LogP contribution in [0.15, 0.2) is 47.3 Å². The maximum Gasteiger partial charge on any atom is 0.277 e. The lowest BCUT2D eigenvalue weighted by atomic mass is 9.66. The second-order valence-corrected chi connectivity index (χ2v) is 6.46. The zero-order chi connectivity index (χ0) is 18.7. The summed E-state index contributed by atoms with van der Waals surface area (Å²) in [7, 11) is 0. The zero-order valence-electron chi connectivity index (χ0n) is 14.4. The van der Waals surface area contributed by atoms with Crippen molar-refractivity contribution >= 4 is 17.5 Å². The Morgan fingerprint density at radius 1 is 1.19 bits per heavy atom. The molecule has 3 aromatic heterocycles. The maximum atomic E-state index is 14.2. The fraction of sp³-hybridized carbons (Fsp3) is 0.278. The van der Waals surface area contributed by atoms with Gasteiger partial charge in [-0.1, -0.05) is 11.6 Å². The Morgan fingerprint density at radius 2 is 2.07 bits per heavy atom. The Balaban J connectivity index is 1.41. The maximum absolute atomic E-state index is 14.2. The number of nitrogens with one attached hydrogen (secondary N) is 2. The highest BCUT2D eigenvalue weighted by Crippen LogP contribution is 2.43. The van der Waals surface area contributed by atoms with E-state index in [0.29, 0.717) is 23.9 Å². The molecular weight excluding hydrogens is 351 g/mol. The molecule has 0 aliphatic heterocycles. The molecule has 0 radical (unpaired) electrons. The lowest BCUT2D eigenvalue weighted by Crippen LogP contribution is -2.42. The summed E-state index contributed by atoms with van der Waals surface area (Å²) < 4.78 is 18.8. The number of amides is 1. The molecule has 27 heavy (non-hydrogen) atoms. The van der Waals surface area contributed by atoms with Gasteiger partial charge in [0, 0.05) is 24.2 Å². The smallest absolute Gasteiger partial charge is 0.277 e. The van der Waals surface area contributed by atoms with E-state index in [1.807, 2.05) is 0 Å². The number of hydrogen-bond donors (Lipinski definition) is 2. The predicted molar refractivity (Wildman–Crippen MR) is 94.7 cm³/mol. The molecule has 138 valence electrons. The van der Waals surface area contributed by atoms with Crippen LogP contribution >= 0.6 is 0 Å². The molecule has 0 aromatic carbocycles. The number of halogens is 1. The summed E-state index contributed by atoms with van der Waals surface area (Å²) in [5, 5.41) is 17.3. The van der Waals surface area contributed by atoms with Crippen molar-refractivity contribution in [3.05, 3.63) is 60.0 Å². The highest BCUT2D eigenvalue weighted by atomic mass is 19.1. The first-order valence-corrected chi connectivity index (χ1v) is 8.57. The largest absolute Gasteiger partial charge is 0.368 e. The topological polar surface area (TPSA) is 106 Å². The fourth-order valence-corrected chi connectivity index (χ4v) is 3.14. The van der Waals surface area contributed by atoms with Crippen LogP contribution in [0.2, 0.25) is 0 Å². The van der Waals surface area contributed by atoms with Crippen LogP contribution in [0.4, 0.5) is 16.0 Å². The number of aromatic nitrogens is 4. The van der Waals surface area contributed by atoms with E-state index in [9.17, 15) is 9.18 Å². The summed E-state index contributed by atoms with van der Waals surface area (Å²) in [5.41, 5.74) is 0.300. The first-order chi connectivity index (χ1) is 13.2. The van der Waals surface area contributed by atoms with Gasteiger partial charge in [-0.2, -0.15) is 0 Å². The van der Waals surface area contributed by atoms with Crippen molar-refractivity contribution in [1.82, 2.24) is 20.3 Å². The van der Waals surface area contributed by atoms with Gasteiger partial charge in [-0.3, -0.25) is 9.78 Å². The molecule has 1 amide bonds. The minimum atomic E-state index is -0.436. The van der Waals surface area contributed by atoms with Gasteiger partial charge in [-0.05, 0) is 37.1 Å². The van der Waals surface area contributed by atoms with Gasteiger partial charge in [0.1, 0.15) is 17.9 Å². The van der Waals surface area contributed by atoms with E-state index < -0.39 is 5.91 Å². The second kappa shape index (κ2) is 7.10. The Hall–Kier alpha value is -3.36. The monoisotopic (exact) mass is 368 g/mol. The van der Waals surface area contributed by atoms with Crippen molar-refractivity contribution in [1.29, 1.82) is 0 Å². The first kappa shape index (κ1) is 17.1. The van der Waals surface area contributed by atoms with Crippen LogP contribution in [-0.2, 0) is 5.41 Å². The van der Waals surface area contributed by atoms with Gasteiger partial charge in [0.05, 0.1) is 5.69 Å². The quantitative estimate of drug-likeness (QED) is 0.689. The van der Waals surface area contributed by atoms with E-state index in [1.165, 1.54) is 18.4 Å². The molecular formula is C18H17FN6O2. The van der Waals surface area contributed by atoms with Gasteiger partial charge in [-0.25, -0.2) is 4.39 Å². The number of carbonyl (C=O) groups is 1. The molecule has 0 bridgehead atoms. The van der Waals surface area contributed by atoms with Crippen LogP contribution in [0, 0.1) is 5.82 Å². The third-order valence-electron chi connectivity index (χ3n) is 4.76. The Bertz CT molecular complexity index is 925. The number of rotatable bonds is 6. The van der Waals surface area contributed by atoms with Gasteiger partial charge < -0.3 is 15.2 Å². The summed E-state index contributed by atoms with van der Waals surface area (Å²) in [6, 6.07) is 7.76. The van der Waals surface area contributed by atoms with Gasteiger partial charge in [0.25, 0.3) is 5.91 Å². The third kappa shape index (κ3) is 3.48. The predicted octanol–water partition coefficient (Wildman–Crippen LogP) is 2.78. The van der Waals surface area contributed by atoms with E-state index >= 15 is 0 Å². The molecule has 9 heteroatoms. The first-order valence-electron chi connectivity index (χ1n) is 8.57. The average Bonchev–Trinajstić information content (AvgIpc) is 3.15.